The Balaban J connectivity index is 2.25. The van der Waals surface area contributed by atoms with Gasteiger partial charge in [-0.3, -0.25) is 0 Å². The molecular weight excluding hydrogens is 214 g/mol. The first-order valence-electron chi connectivity index (χ1n) is 5.41. The highest BCUT2D eigenvalue weighted by atomic mass is 16.5. The van der Waals surface area contributed by atoms with E-state index in [-0.39, 0.29) is 12.1 Å². The first kappa shape index (κ1) is 11.7. The van der Waals surface area contributed by atoms with Gasteiger partial charge in [0.15, 0.2) is 0 Å². The highest BCUT2D eigenvalue weighted by Gasteiger charge is 2.21. The average Bonchev–Trinajstić information content (AvgIpc) is 2.42. The first-order chi connectivity index (χ1) is 8.33. The van der Waals surface area contributed by atoms with Gasteiger partial charge in [0, 0.05) is 25.1 Å². The predicted octanol–water partition coefficient (Wildman–Crippen LogP) is 1.86. The fraction of sp³-hybridized carbons (Fsp3) is 0.231. The lowest BCUT2D eigenvalue weighted by molar-refractivity contribution is 0.0800. The van der Waals surface area contributed by atoms with Gasteiger partial charge in [-0.1, -0.05) is 30.3 Å². The Kier molecular flexibility index (Phi) is 3.80. The van der Waals surface area contributed by atoms with Gasteiger partial charge in [0.1, 0.15) is 12.4 Å². The molecule has 1 aromatic carbocycles. The van der Waals surface area contributed by atoms with Gasteiger partial charge in [-0.2, -0.15) is 0 Å². The second-order valence-electron chi connectivity index (χ2n) is 3.76. The average molecular weight is 229 g/mol. The van der Waals surface area contributed by atoms with Gasteiger partial charge in [-0.15, -0.1) is 0 Å². The summed E-state index contributed by atoms with van der Waals surface area (Å²) < 4.78 is 5.47. The topological polar surface area (TPSA) is 61.0 Å². The summed E-state index contributed by atoms with van der Waals surface area (Å²) in [7, 11) is 1.65. The Labute approximate surface area is 100 Å². The van der Waals surface area contributed by atoms with E-state index in [1.165, 1.54) is 6.33 Å². The predicted molar refractivity (Wildman–Crippen MR) is 65.2 cm³/mol. The molecule has 0 aliphatic rings. The number of nitrogens with two attached hydrogens (primary N) is 1. The number of hydrogen-bond acceptors (Lipinski definition) is 4. The van der Waals surface area contributed by atoms with Crippen LogP contribution in [-0.4, -0.2) is 17.1 Å². The van der Waals surface area contributed by atoms with E-state index in [1.54, 1.807) is 19.5 Å². The summed E-state index contributed by atoms with van der Waals surface area (Å²) in [5.74, 6) is 0. The van der Waals surface area contributed by atoms with Crippen LogP contribution in [0.25, 0.3) is 0 Å². The number of nitrogens with zero attached hydrogens (tertiary/aromatic N) is 2. The second kappa shape index (κ2) is 5.52. The second-order valence-corrected chi connectivity index (χ2v) is 3.76. The Morgan fingerprint density at radius 3 is 2.29 bits per heavy atom. The highest BCUT2D eigenvalue weighted by molar-refractivity contribution is 5.23. The van der Waals surface area contributed by atoms with Crippen molar-refractivity contribution in [1.82, 2.24) is 9.97 Å². The summed E-state index contributed by atoms with van der Waals surface area (Å²) in [6.07, 6.45) is 4.72. The quantitative estimate of drug-likeness (QED) is 0.869. The molecule has 0 amide bonds. The number of rotatable bonds is 4. The van der Waals surface area contributed by atoms with E-state index in [0.717, 1.165) is 11.1 Å². The molecule has 1 aromatic heterocycles. The fourth-order valence-electron chi connectivity index (χ4n) is 1.79. The molecule has 2 N–H and O–H groups in total. The van der Waals surface area contributed by atoms with Crippen molar-refractivity contribution in [2.75, 3.05) is 7.11 Å². The van der Waals surface area contributed by atoms with E-state index in [9.17, 15) is 0 Å². The number of aromatic nitrogens is 2. The molecule has 0 aliphatic carbocycles. The Hall–Kier alpha value is -1.78. The summed E-state index contributed by atoms with van der Waals surface area (Å²) in [6, 6.07) is 9.62. The van der Waals surface area contributed by atoms with Crippen LogP contribution < -0.4 is 5.73 Å². The van der Waals surface area contributed by atoms with E-state index in [0.29, 0.717) is 0 Å². The van der Waals surface area contributed by atoms with E-state index < -0.39 is 0 Å². The van der Waals surface area contributed by atoms with E-state index >= 15 is 0 Å². The van der Waals surface area contributed by atoms with E-state index in [1.807, 2.05) is 30.3 Å². The summed E-state index contributed by atoms with van der Waals surface area (Å²) in [6.45, 7) is 0. The Morgan fingerprint density at radius 1 is 1.06 bits per heavy atom. The molecule has 0 saturated heterocycles. The maximum Gasteiger partial charge on any atom is 0.115 e. The zero-order valence-electron chi connectivity index (χ0n) is 9.65. The molecule has 17 heavy (non-hydrogen) atoms. The van der Waals surface area contributed by atoms with Gasteiger partial charge in [0.2, 0.25) is 0 Å². The summed E-state index contributed by atoms with van der Waals surface area (Å²) in [5, 5.41) is 0. The van der Waals surface area contributed by atoms with Crippen molar-refractivity contribution in [2.24, 2.45) is 5.73 Å². The lowest BCUT2D eigenvalue weighted by atomic mass is 9.98. The van der Waals surface area contributed by atoms with Crippen molar-refractivity contribution in [3.8, 4) is 0 Å². The molecule has 2 atom stereocenters. The van der Waals surface area contributed by atoms with Gasteiger partial charge < -0.3 is 10.5 Å². The van der Waals surface area contributed by atoms with Gasteiger partial charge in [-0.05, 0) is 5.56 Å². The molecule has 0 saturated carbocycles. The lowest BCUT2D eigenvalue weighted by Crippen LogP contribution is -2.21. The minimum Gasteiger partial charge on any atom is -0.375 e. The largest absolute Gasteiger partial charge is 0.375 e. The molecule has 2 aromatic rings. The van der Waals surface area contributed by atoms with Crippen LogP contribution in [0.15, 0.2) is 49.1 Å². The van der Waals surface area contributed by atoms with Crippen molar-refractivity contribution < 1.29 is 4.74 Å². The maximum atomic E-state index is 6.18. The standard InChI is InChI=1S/C13H15N3O/c1-17-13(10-5-3-2-4-6-10)12(14)11-7-15-9-16-8-11/h2-9,12-13H,14H2,1H3. The molecule has 88 valence electrons. The molecule has 2 rings (SSSR count). The van der Waals surface area contributed by atoms with Crippen molar-refractivity contribution in [2.45, 2.75) is 12.1 Å². The van der Waals surface area contributed by atoms with Crippen LogP contribution in [0.2, 0.25) is 0 Å². The summed E-state index contributed by atoms with van der Waals surface area (Å²) in [5.41, 5.74) is 8.09. The zero-order chi connectivity index (χ0) is 12.1. The van der Waals surface area contributed by atoms with Crippen molar-refractivity contribution in [1.29, 1.82) is 0 Å². The number of ether oxygens (including phenoxy) is 1. The van der Waals surface area contributed by atoms with Gasteiger partial charge in [0.25, 0.3) is 0 Å². The minimum atomic E-state index is -0.274. The number of hydrogen-bond donors (Lipinski definition) is 1. The summed E-state index contributed by atoms with van der Waals surface area (Å²) >= 11 is 0. The zero-order valence-corrected chi connectivity index (χ0v) is 9.65. The smallest absolute Gasteiger partial charge is 0.115 e. The highest BCUT2D eigenvalue weighted by Crippen LogP contribution is 2.28. The van der Waals surface area contributed by atoms with Crippen LogP contribution >= 0.6 is 0 Å². The Morgan fingerprint density at radius 2 is 1.71 bits per heavy atom. The molecule has 4 nitrogen and oxygen atoms in total. The van der Waals surface area contributed by atoms with Gasteiger partial charge >= 0.3 is 0 Å². The van der Waals surface area contributed by atoms with Crippen LogP contribution in [0.1, 0.15) is 23.3 Å². The fourth-order valence-corrected chi connectivity index (χ4v) is 1.79. The molecule has 4 heteroatoms. The first-order valence-corrected chi connectivity index (χ1v) is 5.41. The van der Waals surface area contributed by atoms with Crippen molar-refractivity contribution >= 4 is 0 Å². The van der Waals surface area contributed by atoms with Gasteiger partial charge in [-0.25, -0.2) is 9.97 Å². The summed E-state index contributed by atoms with van der Waals surface area (Å²) in [4.78, 5) is 7.94. The molecule has 0 bridgehead atoms. The third kappa shape index (κ3) is 2.67. The SMILES string of the molecule is COC(c1ccccc1)C(N)c1cncnc1. The molecule has 0 spiro atoms. The number of benzene rings is 1. The van der Waals surface area contributed by atoms with Crippen molar-refractivity contribution in [3.05, 3.63) is 60.2 Å². The van der Waals surface area contributed by atoms with E-state index in [4.69, 9.17) is 10.5 Å². The minimum absolute atomic E-state index is 0.192. The third-order valence-corrected chi connectivity index (χ3v) is 2.67. The monoisotopic (exact) mass is 229 g/mol. The Bertz CT molecular complexity index is 447. The third-order valence-electron chi connectivity index (χ3n) is 2.67. The van der Waals surface area contributed by atoms with Crippen LogP contribution in [0.3, 0.4) is 0 Å². The lowest BCUT2D eigenvalue weighted by Gasteiger charge is -2.22. The van der Waals surface area contributed by atoms with Crippen LogP contribution in [-0.2, 0) is 4.74 Å². The molecule has 1 heterocycles. The normalized spacial score (nSPS) is 14.2. The molecule has 0 radical (unpaired) electrons. The molecular formula is C13H15N3O. The molecule has 2 unspecified atom stereocenters. The molecule has 0 fully saturated rings. The van der Waals surface area contributed by atoms with Crippen molar-refractivity contribution in [3.63, 3.8) is 0 Å². The number of methoxy groups -OCH3 is 1. The van der Waals surface area contributed by atoms with Gasteiger partial charge in [0.05, 0.1) is 6.04 Å². The molecule has 0 aliphatic heterocycles. The van der Waals surface area contributed by atoms with Crippen LogP contribution in [0.5, 0.6) is 0 Å². The maximum absolute atomic E-state index is 6.18. The van der Waals surface area contributed by atoms with Crippen LogP contribution in [0, 0.1) is 0 Å². The van der Waals surface area contributed by atoms with E-state index in [2.05, 4.69) is 9.97 Å². The van der Waals surface area contributed by atoms with Crippen LogP contribution in [0.4, 0.5) is 0 Å².